The van der Waals surface area contributed by atoms with Gasteiger partial charge in [0.15, 0.2) is 0 Å². The van der Waals surface area contributed by atoms with Crippen LogP contribution >= 0.6 is 9.24 Å². The molecule has 15 heavy (non-hydrogen) atoms. The molecule has 0 aliphatic rings. The predicted molar refractivity (Wildman–Crippen MR) is 72.4 cm³/mol. The van der Waals surface area contributed by atoms with Gasteiger partial charge in [-0.15, -0.1) is 9.24 Å². The highest BCUT2D eigenvalue weighted by Gasteiger charge is 2.22. The van der Waals surface area contributed by atoms with Gasteiger partial charge < -0.3 is 0 Å². The molecule has 0 fully saturated rings. The van der Waals surface area contributed by atoms with Gasteiger partial charge in [-0.1, -0.05) is 58.0 Å². The third kappa shape index (κ3) is 4.34. The van der Waals surface area contributed by atoms with Crippen LogP contribution in [0.4, 0.5) is 0 Å². The molecule has 0 nitrogen and oxygen atoms in total. The highest BCUT2D eigenvalue weighted by molar-refractivity contribution is 7.17. The summed E-state index contributed by atoms with van der Waals surface area (Å²) in [5, 5.41) is 0. The maximum absolute atomic E-state index is 2.95. The predicted octanol–water partition coefficient (Wildman–Crippen LogP) is 4.47. The van der Waals surface area contributed by atoms with Crippen molar-refractivity contribution in [2.24, 2.45) is 5.41 Å². The first-order chi connectivity index (χ1) is 6.90. The molecular weight excluding hydrogens is 199 g/mol. The molecule has 0 spiro atoms. The minimum Gasteiger partial charge on any atom is -0.134 e. The second-order valence-electron chi connectivity index (χ2n) is 5.64. The lowest BCUT2D eigenvalue weighted by Gasteiger charge is -2.29. The van der Waals surface area contributed by atoms with Crippen molar-refractivity contribution in [2.75, 3.05) is 0 Å². The summed E-state index contributed by atoms with van der Waals surface area (Å²) in [5.41, 5.74) is 2.49. The lowest BCUT2D eigenvalue weighted by Crippen LogP contribution is -2.17. The minimum absolute atomic E-state index is 0.394. The Morgan fingerprint density at radius 1 is 1.13 bits per heavy atom. The Morgan fingerprint density at radius 3 is 2.07 bits per heavy atom. The van der Waals surface area contributed by atoms with Gasteiger partial charge in [0.05, 0.1) is 0 Å². The van der Waals surface area contributed by atoms with E-state index in [-0.39, 0.29) is 0 Å². The number of hydrogen-bond acceptors (Lipinski definition) is 0. The molecule has 1 aromatic rings. The summed E-state index contributed by atoms with van der Waals surface area (Å²) in [7, 11) is 2.95. The van der Waals surface area contributed by atoms with E-state index < -0.39 is 0 Å². The second kappa shape index (κ2) is 5.12. The molecule has 0 bridgehead atoms. The molecule has 0 aliphatic carbocycles. The number of hydrogen-bond donors (Lipinski definition) is 0. The molecule has 0 N–H and O–H groups in total. The average Bonchev–Trinajstić information content (AvgIpc) is 2.14. The van der Waals surface area contributed by atoms with Crippen molar-refractivity contribution in [1.29, 1.82) is 0 Å². The molecular formula is C14H23P. The molecule has 3 atom stereocenters. The van der Waals surface area contributed by atoms with Crippen LogP contribution in [0.2, 0.25) is 0 Å². The largest absolute Gasteiger partial charge is 0.134 e. The van der Waals surface area contributed by atoms with Gasteiger partial charge in [0.2, 0.25) is 0 Å². The summed E-state index contributed by atoms with van der Waals surface area (Å²) in [6, 6.07) is 10.9. The fraction of sp³-hybridized carbons (Fsp3) is 0.571. The molecule has 1 rings (SSSR count). The van der Waals surface area contributed by atoms with Crippen LogP contribution in [0.25, 0.3) is 0 Å². The van der Waals surface area contributed by atoms with Crippen LogP contribution in [-0.4, -0.2) is 5.66 Å². The topological polar surface area (TPSA) is 0 Å². The fourth-order valence-electron chi connectivity index (χ4n) is 1.97. The van der Waals surface area contributed by atoms with Crippen LogP contribution in [0.5, 0.6) is 0 Å². The Labute approximate surface area is 96.7 Å². The zero-order valence-electron chi connectivity index (χ0n) is 10.3. The average molecular weight is 222 g/mol. The van der Waals surface area contributed by atoms with Gasteiger partial charge in [-0.2, -0.15) is 0 Å². The third-order valence-corrected chi connectivity index (χ3v) is 3.16. The third-order valence-electron chi connectivity index (χ3n) is 2.69. The van der Waals surface area contributed by atoms with Gasteiger partial charge in [0.25, 0.3) is 0 Å². The summed E-state index contributed by atoms with van der Waals surface area (Å²) >= 11 is 0. The number of benzene rings is 1. The van der Waals surface area contributed by atoms with E-state index in [0.29, 0.717) is 17.0 Å². The van der Waals surface area contributed by atoms with E-state index in [4.69, 9.17) is 0 Å². The first kappa shape index (κ1) is 12.7. The van der Waals surface area contributed by atoms with Gasteiger partial charge >= 0.3 is 0 Å². The van der Waals surface area contributed by atoms with Crippen LogP contribution in [0.3, 0.4) is 0 Å². The number of rotatable bonds is 3. The second-order valence-corrected chi connectivity index (χ2v) is 6.69. The van der Waals surface area contributed by atoms with Crippen molar-refractivity contribution < 1.29 is 0 Å². The lowest BCUT2D eigenvalue weighted by molar-refractivity contribution is 0.338. The highest BCUT2D eigenvalue weighted by Crippen LogP contribution is 2.36. The van der Waals surface area contributed by atoms with E-state index in [1.54, 1.807) is 0 Å². The van der Waals surface area contributed by atoms with E-state index in [2.05, 4.69) is 67.3 Å². The Kier molecular flexibility index (Phi) is 4.34. The molecule has 0 radical (unpaired) electrons. The molecule has 0 heterocycles. The van der Waals surface area contributed by atoms with E-state index in [1.165, 1.54) is 12.0 Å². The van der Waals surface area contributed by atoms with E-state index in [0.717, 1.165) is 0 Å². The normalized spacial score (nSPS) is 16.1. The zero-order valence-corrected chi connectivity index (χ0v) is 11.5. The van der Waals surface area contributed by atoms with Crippen molar-refractivity contribution in [3.05, 3.63) is 35.9 Å². The van der Waals surface area contributed by atoms with Crippen molar-refractivity contribution in [3.8, 4) is 0 Å². The standard InChI is InChI=1S/C14H23P/c1-11(15)13(10-14(2,3)4)12-8-6-5-7-9-12/h5-9,11,13H,10,15H2,1-4H3. The Hall–Kier alpha value is -0.350. The van der Waals surface area contributed by atoms with Crippen molar-refractivity contribution in [1.82, 2.24) is 0 Å². The maximum Gasteiger partial charge on any atom is -0.00967 e. The first-order valence-electron chi connectivity index (χ1n) is 5.71. The Balaban J connectivity index is 2.85. The van der Waals surface area contributed by atoms with Gasteiger partial charge in [-0.25, -0.2) is 0 Å². The molecule has 1 aromatic carbocycles. The van der Waals surface area contributed by atoms with Gasteiger partial charge in [-0.05, 0) is 29.0 Å². The lowest BCUT2D eigenvalue weighted by atomic mass is 9.80. The summed E-state index contributed by atoms with van der Waals surface area (Å²) in [5.74, 6) is 0.649. The maximum atomic E-state index is 2.95. The van der Waals surface area contributed by atoms with Crippen LogP contribution < -0.4 is 0 Å². The van der Waals surface area contributed by atoms with Crippen molar-refractivity contribution in [3.63, 3.8) is 0 Å². The molecule has 0 amide bonds. The van der Waals surface area contributed by atoms with Gasteiger partial charge in [0, 0.05) is 0 Å². The molecule has 0 aliphatic heterocycles. The summed E-state index contributed by atoms with van der Waals surface area (Å²) in [6.07, 6.45) is 1.24. The summed E-state index contributed by atoms with van der Waals surface area (Å²) in [6.45, 7) is 9.23. The summed E-state index contributed by atoms with van der Waals surface area (Å²) < 4.78 is 0. The quantitative estimate of drug-likeness (QED) is 0.662. The van der Waals surface area contributed by atoms with Crippen LogP contribution in [0.1, 0.15) is 45.6 Å². The zero-order chi connectivity index (χ0) is 11.5. The smallest absolute Gasteiger partial charge is 0.00967 e. The SMILES string of the molecule is CC(P)C(CC(C)(C)C)c1ccccc1. The highest BCUT2D eigenvalue weighted by atomic mass is 31.0. The molecule has 0 saturated carbocycles. The van der Waals surface area contributed by atoms with Crippen LogP contribution in [-0.2, 0) is 0 Å². The minimum atomic E-state index is 0.394. The monoisotopic (exact) mass is 222 g/mol. The Morgan fingerprint density at radius 2 is 1.67 bits per heavy atom. The van der Waals surface area contributed by atoms with Crippen molar-refractivity contribution in [2.45, 2.75) is 45.7 Å². The van der Waals surface area contributed by atoms with E-state index in [1.807, 2.05) is 0 Å². The fourth-order valence-corrected chi connectivity index (χ4v) is 2.33. The van der Waals surface area contributed by atoms with Gasteiger partial charge in [0.1, 0.15) is 0 Å². The molecule has 0 aromatic heterocycles. The van der Waals surface area contributed by atoms with E-state index >= 15 is 0 Å². The summed E-state index contributed by atoms with van der Waals surface area (Å²) in [4.78, 5) is 0. The first-order valence-corrected chi connectivity index (χ1v) is 6.37. The van der Waals surface area contributed by atoms with E-state index in [9.17, 15) is 0 Å². The molecule has 84 valence electrons. The Bertz CT molecular complexity index is 282. The van der Waals surface area contributed by atoms with Crippen LogP contribution in [0.15, 0.2) is 30.3 Å². The molecule has 0 saturated heterocycles. The van der Waals surface area contributed by atoms with Crippen molar-refractivity contribution >= 4 is 9.24 Å². The molecule has 3 unspecified atom stereocenters. The van der Waals surface area contributed by atoms with Gasteiger partial charge in [-0.3, -0.25) is 0 Å². The van der Waals surface area contributed by atoms with Crippen LogP contribution in [0, 0.1) is 5.41 Å². The molecule has 1 heteroatoms.